The summed E-state index contributed by atoms with van der Waals surface area (Å²) in [5.74, 6) is 0.729. The molecule has 0 saturated carbocycles. The number of likely N-dealkylation sites (tertiary alicyclic amines) is 1. The Balaban J connectivity index is 1.36. The van der Waals surface area contributed by atoms with Crippen molar-refractivity contribution in [1.29, 1.82) is 0 Å². The first kappa shape index (κ1) is 28.5. The van der Waals surface area contributed by atoms with Crippen molar-refractivity contribution in [1.82, 2.24) is 4.90 Å². The summed E-state index contributed by atoms with van der Waals surface area (Å²) < 4.78 is 5.59. The summed E-state index contributed by atoms with van der Waals surface area (Å²) in [6, 6.07) is 21.6. The van der Waals surface area contributed by atoms with E-state index in [2.05, 4.69) is 42.0 Å². The first-order chi connectivity index (χ1) is 19.7. The molecular weight excluding hydrogens is 512 g/mol. The largest absolute Gasteiger partial charge is 0.495 e. The van der Waals surface area contributed by atoms with Crippen LogP contribution in [0.1, 0.15) is 66.3 Å². The molecule has 0 radical (unpaired) electrons. The predicted octanol–water partition coefficient (Wildman–Crippen LogP) is 6.20. The van der Waals surface area contributed by atoms with Gasteiger partial charge in [0.2, 0.25) is 0 Å². The van der Waals surface area contributed by atoms with Crippen LogP contribution in [-0.4, -0.2) is 63.1 Å². The topological polar surface area (TPSA) is 65.1 Å². The average molecular weight is 555 g/mol. The zero-order valence-electron chi connectivity index (χ0n) is 24.8. The number of para-hydroxylation sites is 2. The Morgan fingerprint density at radius 2 is 1.39 bits per heavy atom. The Kier molecular flexibility index (Phi) is 8.52. The van der Waals surface area contributed by atoms with Crippen molar-refractivity contribution >= 4 is 28.9 Å². The summed E-state index contributed by atoms with van der Waals surface area (Å²) >= 11 is 0. The number of piperidine rings is 1. The SMILES string of the molecule is COc1ccccc1N1CCN(c2ccc(NC(=O)c3ccc(C(C)(C)C)cc3)cc2C(=O)N2CCCCC2)CC1. The predicted molar refractivity (Wildman–Crippen MR) is 167 cm³/mol. The number of piperazine rings is 1. The minimum Gasteiger partial charge on any atom is -0.495 e. The van der Waals surface area contributed by atoms with Crippen LogP contribution in [0.5, 0.6) is 5.75 Å². The minimum atomic E-state index is -0.181. The lowest BCUT2D eigenvalue weighted by molar-refractivity contribution is 0.0724. The number of benzene rings is 3. The third kappa shape index (κ3) is 6.50. The molecule has 5 rings (SSSR count). The van der Waals surface area contributed by atoms with Gasteiger partial charge in [-0.05, 0) is 72.7 Å². The molecule has 7 heteroatoms. The van der Waals surface area contributed by atoms with Crippen LogP contribution in [0, 0.1) is 0 Å². The van der Waals surface area contributed by atoms with Crippen molar-refractivity contribution < 1.29 is 14.3 Å². The number of anilines is 3. The number of carbonyl (C=O) groups is 2. The molecule has 0 bridgehead atoms. The van der Waals surface area contributed by atoms with E-state index in [1.54, 1.807) is 7.11 Å². The molecule has 2 amide bonds. The quantitative estimate of drug-likeness (QED) is 0.393. The van der Waals surface area contributed by atoms with Crippen LogP contribution >= 0.6 is 0 Å². The van der Waals surface area contributed by atoms with Crippen LogP contribution in [0.4, 0.5) is 17.1 Å². The number of amides is 2. The van der Waals surface area contributed by atoms with E-state index in [0.717, 1.165) is 75.7 Å². The number of hydrogen-bond acceptors (Lipinski definition) is 5. The van der Waals surface area contributed by atoms with Gasteiger partial charge in [-0.15, -0.1) is 0 Å². The molecule has 0 atom stereocenters. The summed E-state index contributed by atoms with van der Waals surface area (Å²) in [6.07, 6.45) is 3.21. The Morgan fingerprint density at radius 1 is 0.756 bits per heavy atom. The molecule has 1 N–H and O–H groups in total. The Morgan fingerprint density at radius 3 is 2.02 bits per heavy atom. The molecule has 7 nitrogen and oxygen atoms in total. The van der Waals surface area contributed by atoms with E-state index in [9.17, 15) is 9.59 Å². The van der Waals surface area contributed by atoms with E-state index < -0.39 is 0 Å². The van der Waals surface area contributed by atoms with Gasteiger partial charge in [0, 0.05) is 56.2 Å². The molecule has 3 aromatic rings. The molecule has 0 aliphatic carbocycles. The van der Waals surface area contributed by atoms with E-state index >= 15 is 0 Å². The van der Waals surface area contributed by atoms with Crippen molar-refractivity contribution in [2.75, 3.05) is 61.5 Å². The minimum absolute atomic E-state index is 0.0210. The van der Waals surface area contributed by atoms with Crippen LogP contribution in [0.2, 0.25) is 0 Å². The van der Waals surface area contributed by atoms with Gasteiger partial charge in [-0.3, -0.25) is 9.59 Å². The van der Waals surface area contributed by atoms with Crippen LogP contribution < -0.4 is 19.9 Å². The van der Waals surface area contributed by atoms with Crippen LogP contribution in [0.25, 0.3) is 0 Å². The van der Waals surface area contributed by atoms with Gasteiger partial charge in [0.25, 0.3) is 11.8 Å². The molecule has 2 heterocycles. The van der Waals surface area contributed by atoms with E-state index in [0.29, 0.717) is 16.8 Å². The highest BCUT2D eigenvalue weighted by Gasteiger charge is 2.27. The maximum Gasteiger partial charge on any atom is 0.256 e. The number of carbonyl (C=O) groups excluding carboxylic acids is 2. The normalized spacial score (nSPS) is 16.0. The van der Waals surface area contributed by atoms with Gasteiger partial charge in [-0.25, -0.2) is 0 Å². The summed E-state index contributed by atoms with van der Waals surface area (Å²) in [6.45, 7) is 11.2. The fourth-order valence-electron chi connectivity index (χ4n) is 5.73. The maximum atomic E-state index is 13.8. The van der Waals surface area contributed by atoms with E-state index in [4.69, 9.17) is 4.74 Å². The second kappa shape index (κ2) is 12.2. The van der Waals surface area contributed by atoms with Gasteiger partial charge >= 0.3 is 0 Å². The molecule has 2 fully saturated rings. The average Bonchev–Trinajstić information content (AvgIpc) is 3.01. The molecule has 216 valence electrons. The van der Waals surface area contributed by atoms with Gasteiger partial charge in [-0.2, -0.15) is 0 Å². The lowest BCUT2D eigenvalue weighted by Crippen LogP contribution is -2.47. The third-order valence-electron chi connectivity index (χ3n) is 8.19. The smallest absolute Gasteiger partial charge is 0.256 e. The number of hydrogen-bond donors (Lipinski definition) is 1. The summed E-state index contributed by atoms with van der Waals surface area (Å²) in [4.78, 5) is 33.6. The van der Waals surface area contributed by atoms with Crippen molar-refractivity contribution in [3.05, 3.63) is 83.4 Å². The second-order valence-electron chi connectivity index (χ2n) is 12.0. The third-order valence-corrected chi connectivity index (χ3v) is 8.19. The fourth-order valence-corrected chi connectivity index (χ4v) is 5.73. The first-order valence-corrected chi connectivity index (χ1v) is 14.7. The molecule has 2 aliphatic heterocycles. The Labute approximate surface area is 244 Å². The number of ether oxygens (including phenoxy) is 1. The second-order valence-corrected chi connectivity index (χ2v) is 12.0. The van der Waals surface area contributed by atoms with Gasteiger partial charge in [-0.1, -0.05) is 45.0 Å². The zero-order chi connectivity index (χ0) is 29.0. The molecule has 41 heavy (non-hydrogen) atoms. The highest BCUT2D eigenvalue weighted by molar-refractivity contribution is 6.06. The fraction of sp³-hybridized carbons (Fsp3) is 0.412. The van der Waals surface area contributed by atoms with Crippen LogP contribution in [0.3, 0.4) is 0 Å². The number of methoxy groups -OCH3 is 1. The number of nitrogens with zero attached hydrogens (tertiary/aromatic N) is 3. The monoisotopic (exact) mass is 554 g/mol. The van der Waals surface area contributed by atoms with E-state index in [1.165, 1.54) is 5.56 Å². The van der Waals surface area contributed by atoms with Crippen LogP contribution in [0.15, 0.2) is 66.7 Å². The summed E-state index contributed by atoms with van der Waals surface area (Å²) in [5, 5.41) is 3.04. The van der Waals surface area contributed by atoms with E-state index in [1.807, 2.05) is 65.6 Å². The molecule has 3 aromatic carbocycles. The van der Waals surface area contributed by atoms with Gasteiger partial charge < -0.3 is 24.8 Å². The highest BCUT2D eigenvalue weighted by Crippen LogP contribution is 2.32. The van der Waals surface area contributed by atoms with Crippen molar-refractivity contribution in [2.45, 2.75) is 45.4 Å². The molecule has 0 aromatic heterocycles. The number of nitrogens with one attached hydrogen (secondary N) is 1. The van der Waals surface area contributed by atoms with Crippen LogP contribution in [-0.2, 0) is 5.41 Å². The molecule has 2 saturated heterocycles. The van der Waals surface area contributed by atoms with Crippen molar-refractivity contribution in [3.63, 3.8) is 0 Å². The molecular formula is C34H42N4O3. The van der Waals surface area contributed by atoms with E-state index in [-0.39, 0.29) is 17.2 Å². The molecule has 0 unspecified atom stereocenters. The maximum absolute atomic E-state index is 13.8. The lowest BCUT2D eigenvalue weighted by atomic mass is 9.87. The Hall–Kier alpha value is -4.00. The lowest BCUT2D eigenvalue weighted by Gasteiger charge is -2.39. The van der Waals surface area contributed by atoms with Gasteiger partial charge in [0.05, 0.1) is 18.4 Å². The standard InChI is InChI=1S/C34H42N4O3/c1-34(2,3)26-14-12-25(13-15-26)32(39)35-27-16-17-29(28(24-27)33(40)38-18-8-5-9-19-38)36-20-22-37(23-21-36)30-10-6-7-11-31(30)41-4/h6-7,10-17,24H,5,8-9,18-23H2,1-4H3,(H,35,39). The number of rotatable bonds is 6. The zero-order valence-corrected chi connectivity index (χ0v) is 24.8. The molecule has 0 spiro atoms. The van der Waals surface area contributed by atoms with Gasteiger partial charge in [0.1, 0.15) is 5.75 Å². The summed E-state index contributed by atoms with van der Waals surface area (Å²) in [5.41, 5.74) is 5.09. The van der Waals surface area contributed by atoms with Crippen molar-refractivity contribution in [2.24, 2.45) is 0 Å². The first-order valence-electron chi connectivity index (χ1n) is 14.7. The van der Waals surface area contributed by atoms with Crippen molar-refractivity contribution in [3.8, 4) is 5.75 Å². The van der Waals surface area contributed by atoms with Gasteiger partial charge in [0.15, 0.2) is 0 Å². The highest BCUT2D eigenvalue weighted by atomic mass is 16.5. The summed E-state index contributed by atoms with van der Waals surface area (Å²) in [7, 11) is 1.70. The molecule has 2 aliphatic rings. The Bertz CT molecular complexity index is 1370.